The van der Waals surface area contributed by atoms with E-state index in [2.05, 4.69) is 29.1 Å². The average molecular weight is 211 g/mol. The molecule has 3 nitrogen and oxygen atoms in total. The average Bonchev–Trinajstić information content (AvgIpc) is 2.22. The SMILES string of the molecule is CC1CNCCN1CC1CCCN(C)C1. The van der Waals surface area contributed by atoms with Crippen molar-refractivity contribution in [3.8, 4) is 0 Å². The van der Waals surface area contributed by atoms with E-state index in [9.17, 15) is 0 Å². The molecular weight excluding hydrogens is 186 g/mol. The second-order valence-electron chi connectivity index (χ2n) is 5.32. The van der Waals surface area contributed by atoms with Gasteiger partial charge in [0.15, 0.2) is 0 Å². The van der Waals surface area contributed by atoms with E-state index in [-0.39, 0.29) is 0 Å². The molecule has 0 aliphatic carbocycles. The minimum absolute atomic E-state index is 0.728. The lowest BCUT2D eigenvalue weighted by Gasteiger charge is -2.39. The molecule has 0 aromatic rings. The summed E-state index contributed by atoms with van der Waals surface area (Å²) < 4.78 is 0. The summed E-state index contributed by atoms with van der Waals surface area (Å²) in [5.41, 5.74) is 0. The molecule has 2 unspecified atom stereocenters. The van der Waals surface area contributed by atoms with E-state index in [1.807, 2.05) is 0 Å². The van der Waals surface area contributed by atoms with Gasteiger partial charge in [0.25, 0.3) is 0 Å². The first kappa shape index (κ1) is 11.4. The summed E-state index contributed by atoms with van der Waals surface area (Å²) in [5.74, 6) is 0.907. The molecule has 2 aliphatic heterocycles. The molecule has 0 aromatic heterocycles. The Morgan fingerprint density at radius 1 is 1.33 bits per heavy atom. The lowest BCUT2D eigenvalue weighted by atomic mass is 9.97. The molecule has 1 N–H and O–H groups in total. The Bertz CT molecular complexity index is 195. The fraction of sp³-hybridized carbons (Fsp3) is 1.00. The van der Waals surface area contributed by atoms with Crippen LogP contribution in [0, 0.1) is 5.92 Å². The second-order valence-corrected chi connectivity index (χ2v) is 5.32. The van der Waals surface area contributed by atoms with Crippen molar-refractivity contribution >= 4 is 0 Å². The Balaban J connectivity index is 1.79. The quantitative estimate of drug-likeness (QED) is 0.722. The highest BCUT2D eigenvalue weighted by Gasteiger charge is 2.24. The van der Waals surface area contributed by atoms with E-state index in [1.54, 1.807) is 0 Å². The first-order valence-electron chi connectivity index (χ1n) is 6.39. The van der Waals surface area contributed by atoms with Crippen LogP contribution in [0.4, 0.5) is 0 Å². The number of rotatable bonds is 2. The zero-order chi connectivity index (χ0) is 10.7. The molecule has 2 heterocycles. The minimum Gasteiger partial charge on any atom is -0.314 e. The van der Waals surface area contributed by atoms with E-state index in [1.165, 1.54) is 52.1 Å². The van der Waals surface area contributed by atoms with Crippen molar-refractivity contribution in [1.29, 1.82) is 0 Å². The monoisotopic (exact) mass is 211 g/mol. The number of piperidine rings is 1. The molecule has 2 atom stereocenters. The highest BCUT2D eigenvalue weighted by molar-refractivity contribution is 4.80. The van der Waals surface area contributed by atoms with Crippen LogP contribution in [0.15, 0.2) is 0 Å². The van der Waals surface area contributed by atoms with Gasteiger partial charge in [-0.1, -0.05) is 0 Å². The van der Waals surface area contributed by atoms with Crippen molar-refractivity contribution in [2.24, 2.45) is 5.92 Å². The van der Waals surface area contributed by atoms with Crippen molar-refractivity contribution in [3.05, 3.63) is 0 Å². The van der Waals surface area contributed by atoms with Crippen LogP contribution < -0.4 is 5.32 Å². The van der Waals surface area contributed by atoms with Crippen LogP contribution >= 0.6 is 0 Å². The molecule has 0 bridgehead atoms. The summed E-state index contributed by atoms with van der Waals surface area (Å²) in [4.78, 5) is 5.15. The number of nitrogens with one attached hydrogen (secondary N) is 1. The third kappa shape index (κ3) is 3.16. The van der Waals surface area contributed by atoms with Crippen LogP contribution in [-0.2, 0) is 0 Å². The van der Waals surface area contributed by atoms with E-state index in [4.69, 9.17) is 0 Å². The smallest absolute Gasteiger partial charge is 0.0193 e. The summed E-state index contributed by atoms with van der Waals surface area (Å²) in [6, 6.07) is 0.728. The predicted molar refractivity (Wildman–Crippen MR) is 64.1 cm³/mol. The van der Waals surface area contributed by atoms with E-state index in [0.29, 0.717) is 0 Å². The minimum atomic E-state index is 0.728. The van der Waals surface area contributed by atoms with Crippen molar-refractivity contribution in [1.82, 2.24) is 15.1 Å². The van der Waals surface area contributed by atoms with Gasteiger partial charge in [-0.25, -0.2) is 0 Å². The van der Waals surface area contributed by atoms with Crippen molar-refractivity contribution in [3.63, 3.8) is 0 Å². The number of nitrogens with zero attached hydrogens (tertiary/aromatic N) is 2. The van der Waals surface area contributed by atoms with E-state index in [0.717, 1.165) is 12.0 Å². The molecule has 0 spiro atoms. The van der Waals surface area contributed by atoms with Crippen molar-refractivity contribution < 1.29 is 0 Å². The molecule has 2 aliphatic rings. The van der Waals surface area contributed by atoms with E-state index < -0.39 is 0 Å². The van der Waals surface area contributed by atoms with Crippen molar-refractivity contribution in [2.45, 2.75) is 25.8 Å². The van der Waals surface area contributed by atoms with Crippen LogP contribution in [0.5, 0.6) is 0 Å². The lowest BCUT2D eigenvalue weighted by molar-refractivity contribution is 0.110. The fourth-order valence-electron chi connectivity index (χ4n) is 2.91. The van der Waals surface area contributed by atoms with Gasteiger partial charge < -0.3 is 10.2 Å². The van der Waals surface area contributed by atoms with Gasteiger partial charge in [-0.05, 0) is 39.3 Å². The Hall–Kier alpha value is -0.120. The summed E-state index contributed by atoms with van der Waals surface area (Å²) in [6.07, 6.45) is 2.82. The summed E-state index contributed by atoms with van der Waals surface area (Å²) in [5, 5.41) is 3.46. The maximum absolute atomic E-state index is 3.46. The number of piperazine rings is 1. The molecular formula is C12H25N3. The van der Waals surface area contributed by atoms with Crippen molar-refractivity contribution in [2.75, 3.05) is 46.3 Å². The van der Waals surface area contributed by atoms with Gasteiger partial charge in [0, 0.05) is 38.8 Å². The molecule has 0 aromatic carbocycles. The third-order valence-corrected chi connectivity index (χ3v) is 3.85. The third-order valence-electron chi connectivity index (χ3n) is 3.85. The van der Waals surface area contributed by atoms with Gasteiger partial charge in [-0.15, -0.1) is 0 Å². The van der Waals surface area contributed by atoms with Gasteiger partial charge in [0.1, 0.15) is 0 Å². The summed E-state index contributed by atoms with van der Waals surface area (Å²) in [7, 11) is 2.26. The Morgan fingerprint density at radius 2 is 2.20 bits per heavy atom. The summed E-state index contributed by atoms with van der Waals surface area (Å²) >= 11 is 0. The van der Waals surface area contributed by atoms with Crippen LogP contribution in [0.1, 0.15) is 19.8 Å². The van der Waals surface area contributed by atoms with Gasteiger partial charge in [-0.2, -0.15) is 0 Å². The van der Waals surface area contributed by atoms with Gasteiger partial charge in [0.2, 0.25) is 0 Å². The van der Waals surface area contributed by atoms with Crippen LogP contribution in [0.3, 0.4) is 0 Å². The molecule has 3 heteroatoms. The van der Waals surface area contributed by atoms with Gasteiger partial charge >= 0.3 is 0 Å². The zero-order valence-corrected chi connectivity index (χ0v) is 10.2. The van der Waals surface area contributed by atoms with Crippen LogP contribution in [0.25, 0.3) is 0 Å². The Kier molecular flexibility index (Phi) is 4.00. The maximum Gasteiger partial charge on any atom is 0.0193 e. The first-order chi connectivity index (χ1) is 7.25. The highest BCUT2D eigenvalue weighted by atomic mass is 15.2. The van der Waals surface area contributed by atoms with E-state index >= 15 is 0 Å². The molecule has 0 radical (unpaired) electrons. The molecule has 0 amide bonds. The first-order valence-corrected chi connectivity index (χ1v) is 6.39. The fourth-order valence-corrected chi connectivity index (χ4v) is 2.91. The Morgan fingerprint density at radius 3 is 2.93 bits per heavy atom. The normalized spacial score (nSPS) is 35.6. The number of hydrogen-bond donors (Lipinski definition) is 1. The molecule has 88 valence electrons. The van der Waals surface area contributed by atoms with Gasteiger partial charge in [-0.3, -0.25) is 4.90 Å². The van der Waals surface area contributed by atoms with Crippen LogP contribution in [-0.4, -0.2) is 62.2 Å². The number of likely N-dealkylation sites (tertiary alicyclic amines) is 1. The highest BCUT2D eigenvalue weighted by Crippen LogP contribution is 2.17. The largest absolute Gasteiger partial charge is 0.314 e. The molecule has 0 saturated carbocycles. The standard InChI is InChI=1S/C12H25N3/c1-11-8-13-5-7-15(11)10-12-4-3-6-14(2)9-12/h11-13H,3-10H2,1-2H3. The van der Waals surface area contributed by atoms with Gasteiger partial charge in [0.05, 0.1) is 0 Å². The second kappa shape index (κ2) is 5.28. The maximum atomic E-state index is 3.46. The molecule has 2 rings (SSSR count). The Labute approximate surface area is 93.8 Å². The lowest BCUT2D eigenvalue weighted by Crippen LogP contribution is -2.52. The molecule has 15 heavy (non-hydrogen) atoms. The topological polar surface area (TPSA) is 18.5 Å². The number of hydrogen-bond acceptors (Lipinski definition) is 3. The zero-order valence-electron chi connectivity index (χ0n) is 10.2. The molecule has 2 saturated heterocycles. The molecule has 2 fully saturated rings. The summed E-state index contributed by atoms with van der Waals surface area (Å²) in [6.45, 7) is 9.84. The predicted octanol–water partition coefficient (Wildman–Crippen LogP) is 0.622. The van der Waals surface area contributed by atoms with Crippen LogP contribution in [0.2, 0.25) is 0 Å².